The number of carbonyl (C=O) groups excluding carboxylic acids is 2. The molecule has 1 amide bonds. The third-order valence-electron chi connectivity index (χ3n) is 3.29. The molecule has 0 aliphatic heterocycles. The number of alkyl carbamates (subject to hydrolysis) is 1. The van der Waals surface area contributed by atoms with Gasteiger partial charge in [0.1, 0.15) is 5.60 Å². The minimum Gasteiger partial charge on any atom is -0.468 e. The largest absolute Gasteiger partial charge is 0.468 e. The highest BCUT2D eigenvalue weighted by molar-refractivity contribution is 5.81. The zero-order chi connectivity index (χ0) is 14.8. The number of hydrogen-bond donors (Lipinski definition) is 1. The number of methoxy groups -OCH3 is 1. The molecule has 0 bridgehead atoms. The summed E-state index contributed by atoms with van der Waals surface area (Å²) in [5.74, 6) is -0.283. The van der Waals surface area contributed by atoms with Gasteiger partial charge in [0.25, 0.3) is 0 Å². The number of hydrogen-bond acceptors (Lipinski definition) is 4. The van der Waals surface area contributed by atoms with Crippen LogP contribution in [-0.2, 0) is 14.3 Å². The van der Waals surface area contributed by atoms with E-state index >= 15 is 0 Å². The van der Waals surface area contributed by atoms with Crippen LogP contribution in [0.3, 0.4) is 0 Å². The van der Waals surface area contributed by atoms with Crippen LogP contribution in [-0.4, -0.2) is 30.8 Å². The van der Waals surface area contributed by atoms with E-state index in [2.05, 4.69) is 5.32 Å². The Morgan fingerprint density at radius 3 is 2.47 bits per heavy atom. The van der Waals surface area contributed by atoms with Crippen molar-refractivity contribution in [3.63, 3.8) is 0 Å². The van der Waals surface area contributed by atoms with E-state index in [1.54, 1.807) is 20.8 Å². The number of nitrogens with one attached hydrogen (secondary N) is 1. The van der Waals surface area contributed by atoms with Crippen LogP contribution in [0.15, 0.2) is 11.6 Å². The molecule has 0 saturated carbocycles. The number of esters is 1. The first-order valence-corrected chi connectivity index (χ1v) is 6.35. The molecule has 0 radical (unpaired) electrons. The van der Waals surface area contributed by atoms with Gasteiger partial charge in [-0.1, -0.05) is 11.6 Å². The summed E-state index contributed by atoms with van der Waals surface area (Å²) in [6.07, 6.45) is 1.89. The van der Waals surface area contributed by atoms with Crippen molar-refractivity contribution >= 4 is 12.1 Å². The summed E-state index contributed by atoms with van der Waals surface area (Å²) in [5.41, 5.74) is -0.304. The first kappa shape index (κ1) is 15.5. The monoisotopic (exact) mass is 269 g/mol. The van der Waals surface area contributed by atoms with Gasteiger partial charge in [0.2, 0.25) is 0 Å². The van der Waals surface area contributed by atoms with Crippen molar-refractivity contribution in [1.29, 1.82) is 0 Å². The minimum atomic E-state index is -0.672. The fourth-order valence-corrected chi connectivity index (χ4v) is 2.17. The maximum atomic E-state index is 11.8. The molecule has 0 unspecified atom stereocenters. The van der Waals surface area contributed by atoms with E-state index in [9.17, 15) is 9.59 Å². The van der Waals surface area contributed by atoms with E-state index in [0.29, 0.717) is 6.42 Å². The molecule has 19 heavy (non-hydrogen) atoms. The lowest BCUT2D eigenvalue weighted by Gasteiger charge is -2.25. The SMILES string of the molecule is COC(=O)[C@@]1(C)C[C@@H](NC(=O)OC(C)(C)C)C=C1C. The predicted octanol–water partition coefficient (Wildman–Crippen LogP) is 2.41. The molecule has 108 valence electrons. The van der Waals surface area contributed by atoms with Gasteiger partial charge in [-0.15, -0.1) is 0 Å². The summed E-state index contributed by atoms with van der Waals surface area (Å²) in [6.45, 7) is 9.11. The Hall–Kier alpha value is -1.52. The Kier molecular flexibility index (Phi) is 4.28. The second-order valence-corrected chi connectivity index (χ2v) is 6.13. The normalized spacial score (nSPS) is 26.6. The Bertz CT molecular complexity index is 408. The Balaban J connectivity index is 2.66. The molecular formula is C14H23NO4. The van der Waals surface area contributed by atoms with Crippen LogP contribution in [0.1, 0.15) is 41.0 Å². The Morgan fingerprint density at radius 2 is 2.00 bits per heavy atom. The number of rotatable bonds is 2. The standard InChI is InChI=1S/C14H23NO4/c1-9-7-10(8-14(9,5)11(16)18-6)15-12(17)19-13(2,3)4/h7,10H,8H2,1-6H3,(H,15,17)/t10-,14-/m0/s1. The van der Waals surface area contributed by atoms with Crippen molar-refractivity contribution in [2.45, 2.75) is 52.7 Å². The van der Waals surface area contributed by atoms with Crippen molar-refractivity contribution in [2.24, 2.45) is 5.41 Å². The fraction of sp³-hybridized carbons (Fsp3) is 0.714. The zero-order valence-corrected chi connectivity index (χ0v) is 12.5. The Morgan fingerprint density at radius 1 is 1.42 bits per heavy atom. The van der Waals surface area contributed by atoms with Crippen molar-refractivity contribution < 1.29 is 19.1 Å². The van der Waals surface area contributed by atoms with Gasteiger partial charge in [0, 0.05) is 0 Å². The maximum Gasteiger partial charge on any atom is 0.408 e. The van der Waals surface area contributed by atoms with E-state index < -0.39 is 17.1 Å². The van der Waals surface area contributed by atoms with E-state index in [4.69, 9.17) is 9.47 Å². The van der Waals surface area contributed by atoms with Crippen molar-refractivity contribution in [3.8, 4) is 0 Å². The summed E-state index contributed by atoms with van der Waals surface area (Å²) < 4.78 is 10.0. The summed E-state index contributed by atoms with van der Waals surface area (Å²) in [7, 11) is 1.37. The predicted molar refractivity (Wildman–Crippen MR) is 71.7 cm³/mol. The van der Waals surface area contributed by atoms with Gasteiger partial charge >= 0.3 is 12.1 Å². The number of ether oxygens (including phenoxy) is 2. The van der Waals surface area contributed by atoms with Gasteiger partial charge in [-0.05, 0) is 41.0 Å². The molecule has 0 aromatic heterocycles. The smallest absolute Gasteiger partial charge is 0.408 e. The van der Waals surface area contributed by atoms with Crippen LogP contribution in [0.5, 0.6) is 0 Å². The topological polar surface area (TPSA) is 64.6 Å². The van der Waals surface area contributed by atoms with Crippen LogP contribution in [0, 0.1) is 5.41 Å². The van der Waals surface area contributed by atoms with Crippen LogP contribution in [0.25, 0.3) is 0 Å². The molecule has 1 aliphatic carbocycles. The lowest BCUT2D eigenvalue weighted by molar-refractivity contribution is -0.149. The lowest BCUT2D eigenvalue weighted by atomic mass is 9.84. The van der Waals surface area contributed by atoms with Crippen molar-refractivity contribution in [1.82, 2.24) is 5.32 Å². The zero-order valence-electron chi connectivity index (χ0n) is 12.5. The van der Waals surface area contributed by atoms with E-state index in [0.717, 1.165) is 5.57 Å². The van der Waals surface area contributed by atoms with Crippen LogP contribution in [0.4, 0.5) is 4.79 Å². The molecule has 1 rings (SSSR count). The molecule has 0 spiro atoms. The van der Waals surface area contributed by atoms with E-state index in [1.165, 1.54) is 7.11 Å². The van der Waals surface area contributed by atoms with Gasteiger partial charge in [-0.2, -0.15) is 0 Å². The quantitative estimate of drug-likeness (QED) is 0.617. The minimum absolute atomic E-state index is 0.209. The summed E-state index contributed by atoms with van der Waals surface area (Å²) in [4.78, 5) is 23.5. The molecule has 1 aliphatic rings. The maximum absolute atomic E-state index is 11.8. The van der Waals surface area contributed by atoms with Crippen molar-refractivity contribution in [3.05, 3.63) is 11.6 Å². The van der Waals surface area contributed by atoms with E-state index in [1.807, 2.05) is 19.9 Å². The average Bonchev–Trinajstić information content (AvgIpc) is 2.51. The van der Waals surface area contributed by atoms with Crippen LogP contribution >= 0.6 is 0 Å². The lowest BCUT2D eigenvalue weighted by Crippen LogP contribution is -2.39. The third kappa shape index (κ3) is 3.72. The molecule has 0 aromatic carbocycles. The molecule has 5 heteroatoms. The van der Waals surface area contributed by atoms with Gasteiger partial charge < -0.3 is 14.8 Å². The van der Waals surface area contributed by atoms with Gasteiger partial charge in [-0.25, -0.2) is 4.79 Å². The summed E-state index contributed by atoms with van der Waals surface area (Å²) >= 11 is 0. The summed E-state index contributed by atoms with van der Waals surface area (Å²) in [5, 5.41) is 2.75. The van der Waals surface area contributed by atoms with Gasteiger partial charge in [0.05, 0.1) is 18.6 Å². The number of carbonyl (C=O) groups is 2. The average molecular weight is 269 g/mol. The molecule has 5 nitrogen and oxygen atoms in total. The highest BCUT2D eigenvalue weighted by Crippen LogP contribution is 2.39. The highest BCUT2D eigenvalue weighted by atomic mass is 16.6. The third-order valence-corrected chi connectivity index (χ3v) is 3.29. The second-order valence-electron chi connectivity index (χ2n) is 6.13. The first-order chi connectivity index (χ1) is 8.58. The molecule has 0 aromatic rings. The van der Waals surface area contributed by atoms with Gasteiger partial charge in [0.15, 0.2) is 0 Å². The van der Waals surface area contributed by atoms with Crippen molar-refractivity contribution in [2.75, 3.05) is 7.11 Å². The highest BCUT2D eigenvalue weighted by Gasteiger charge is 2.43. The fourth-order valence-electron chi connectivity index (χ4n) is 2.17. The second kappa shape index (κ2) is 5.23. The molecule has 0 fully saturated rings. The van der Waals surface area contributed by atoms with E-state index in [-0.39, 0.29) is 12.0 Å². The molecule has 0 saturated heterocycles. The van der Waals surface area contributed by atoms with Gasteiger partial charge in [-0.3, -0.25) is 4.79 Å². The molecular weight excluding hydrogens is 246 g/mol. The van der Waals surface area contributed by atoms with Crippen LogP contribution in [0.2, 0.25) is 0 Å². The molecule has 0 heterocycles. The summed E-state index contributed by atoms with van der Waals surface area (Å²) in [6, 6.07) is -0.209. The first-order valence-electron chi connectivity index (χ1n) is 6.35. The molecule has 1 N–H and O–H groups in total. The van der Waals surface area contributed by atoms with Crippen LogP contribution < -0.4 is 5.32 Å². The molecule has 2 atom stereocenters. The number of amides is 1. The Labute approximate surface area is 114 Å².